The van der Waals surface area contributed by atoms with E-state index in [0.29, 0.717) is 0 Å². The Hall–Kier alpha value is -3.99. The summed E-state index contributed by atoms with van der Waals surface area (Å²) >= 11 is 0. The lowest BCUT2D eigenvalue weighted by Crippen LogP contribution is -2.17. The van der Waals surface area contributed by atoms with Gasteiger partial charge in [-0.15, -0.1) is 0 Å². The van der Waals surface area contributed by atoms with Crippen LogP contribution in [0.15, 0.2) is 83.1 Å². The molecule has 2 aromatic carbocycles. The van der Waals surface area contributed by atoms with Crippen molar-refractivity contribution in [2.45, 2.75) is 27.7 Å². The number of nitrogens with zero attached hydrogens (tertiary/aromatic N) is 3. The fraction of sp³-hybridized carbons (Fsp3) is 0.148. The molecule has 0 saturated carbocycles. The molecule has 3 aromatic heterocycles. The van der Waals surface area contributed by atoms with Gasteiger partial charge in [0.25, 0.3) is 11.5 Å². The van der Waals surface area contributed by atoms with Crippen molar-refractivity contribution < 1.29 is 4.79 Å². The summed E-state index contributed by atoms with van der Waals surface area (Å²) in [6.45, 7) is 7.74. The van der Waals surface area contributed by atoms with Gasteiger partial charge in [-0.25, -0.2) is 0 Å². The van der Waals surface area contributed by atoms with Crippen LogP contribution in [0.5, 0.6) is 0 Å². The van der Waals surface area contributed by atoms with Crippen LogP contribution in [0.4, 0.5) is 0 Å². The topological polar surface area (TPSA) is 56.9 Å². The zero-order chi connectivity index (χ0) is 22.6. The Bertz CT molecular complexity index is 1650. The minimum absolute atomic E-state index is 0.0439. The van der Waals surface area contributed by atoms with Gasteiger partial charge in [-0.3, -0.25) is 23.7 Å². The van der Waals surface area contributed by atoms with Gasteiger partial charge in [-0.1, -0.05) is 23.3 Å². The Kier molecular flexibility index (Phi) is 4.55. The number of allylic oxidation sites excluding steroid dienone is 2. The summed E-state index contributed by atoms with van der Waals surface area (Å²) in [4.78, 5) is 30.4. The summed E-state index contributed by atoms with van der Waals surface area (Å²) in [5.41, 5.74) is 5.15. The van der Waals surface area contributed by atoms with E-state index in [4.69, 9.17) is 0 Å². The molecule has 158 valence electrons. The van der Waals surface area contributed by atoms with Crippen molar-refractivity contribution in [1.82, 2.24) is 14.1 Å². The van der Waals surface area contributed by atoms with Gasteiger partial charge in [0.1, 0.15) is 0 Å². The predicted octanol–water partition coefficient (Wildman–Crippen LogP) is 5.80. The molecule has 0 saturated heterocycles. The largest absolute Gasteiger partial charge is 0.290 e. The SMILES string of the molecule is CC(C)=C(C)C(=O)n1cc2ccc(-n3c(=O)ccc4cnc5ccc(C)cc5c43)cc2c1. The maximum atomic E-state index is 13.1. The molecule has 0 fully saturated rings. The summed E-state index contributed by atoms with van der Waals surface area (Å²) in [6.07, 6.45) is 5.47. The number of rotatable bonds is 2. The van der Waals surface area contributed by atoms with Gasteiger partial charge in [-0.05, 0) is 58.0 Å². The van der Waals surface area contributed by atoms with Crippen LogP contribution >= 0.6 is 0 Å². The second kappa shape index (κ2) is 7.31. The van der Waals surface area contributed by atoms with Crippen molar-refractivity contribution in [3.05, 3.63) is 94.2 Å². The van der Waals surface area contributed by atoms with Crippen LogP contribution in [0.25, 0.3) is 38.3 Å². The van der Waals surface area contributed by atoms with E-state index in [-0.39, 0.29) is 11.5 Å². The molecule has 5 aromatic rings. The van der Waals surface area contributed by atoms with Gasteiger partial charge < -0.3 is 0 Å². The average Bonchev–Trinajstić information content (AvgIpc) is 3.21. The maximum absolute atomic E-state index is 13.1. The molecule has 0 bridgehead atoms. The highest BCUT2D eigenvalue weighted by molar-refractivity contribution is 6.04. The van der Waals surface area contributed by atoms with Crippen molar-refractivity contribution in [2.75, 3.05) is 0 Å². The Labute approximate surface area is 185 Å². The number of carbonyl (C=O) groups excluding carboxylic acids is 1. The number of carbonyl (C=O) groups is 1. The molecule has 5 rings (SSSR count). The van der Waals surface area contributed by atoms with Crippen molar-refractivity contribution >= 4 is 38.5 Å². The number of aromatic nitrogens is 3. The van der Waals surface area contributed by atoms with E-state index >= 15 is 0 Å². The molecule has 5 heteroatoms. The normalized spacial score (nSPS) is 11.4. The molecule has 0 atom stereocenters. The molecule has 0 aliphatic heterocycles. The standard InChI is InChI=1S/C27H23N3O2/c1-16(2)18(4)27(32)29-14-20-6-8-22(12-21(20)15-29)30-25(31)10-7-19-13-28-24-9-5-17(3)11-23(24)26(19)30/h5-15H,1-4H3. The fourth-order valence-corrected chi connectivity index (χ4v) is 4.07. The van der Waals surface area contributed by atoms with Gasteiger partial charge in [0, 0.05) is 57.5 Å². The summed E-state index contributed by atoms with van der Waals surface area (Å²) in [5.74, 6) is -0.0439. The molecule has 0 spiro atoms. The number of aryl methyl sites for hydroxylation is 1. The van der Waals surface area contributed by atoms with E-state index in [2.05, 4.69) is 11.1 Å². The quantitative estimate of drug-likeness (QED) is 0.267. The zero-order valence-corrected chi connectivity index (χ0v) is 18.5. The van der Waals surface area contributed by atoms with E-state index in [1.807, 2.05) is 76.5 Å². The first-order valence-electron chi connectivity index (χ1n) is 10.6. The minimum Gasteiger partial charge on any atom is -0.290 e. The van der Waals surface area contributed by atoms with Crippen LogP contribution < -0.4 is 5.56 Å². The van der Waals surface area contributed by atoms with Crippen LogP contribution in [0.2, 0.25) is 0 Å². The predicted molar refractivity (Wildman–Crippen MR) is 130 cm³/mol. The monoisotopic (exact) mass is 421 g/mol. The molecular formula is C27H23N3O2. The van der Waals surface area contributed by atoms with Gasteiger partial charge in [0.15, 0.2) is 0 Å². The Morgan fingerprint density at radius 2 is 1.62 bits per heavy atom. The molecule has 0 radical (unpaired) electrons. The Morgan fingerprint density at radius 3 is 2.41 bits per heavy atom. The van der Waals surface area contributed by atoms with Crippen LogP contribution in [-0.2, 0) is 0 Å². The number of fused-ring (bicyclic) bond motifs is 4. The van der Waals surface area contributed by atoms with Crippen LogP contribution in [0.1, 0.15) is 31.1 Å². The highest BCUT2D eigenvalue weighted by Crippen LogP contribution is 2.27. The summed E-state index contributed by atoms with van der Waals surface area (Å²) in [5, 5.41) is 3.68. The van der Waals surface area contributed by atoms with Gasteiger partial charge in [0.2, 0.25) is 0 Å². The number of pyridine rings is 2. The van der Waals surface area contributed by atoms with E-state index < -0.39 is 0 Å². The molecule has 32 heavy (non-hydrogen) atoms. The van der Waals surface area contributed by atoms with E-state index in [9.17, 15) is 9.59 Å². The van der Waals surface area contributed by atoms with E-state index in [1.165, 1.54) is 0 Å². The third-order valence-electron chi connectivity index (χ3n) is 6.06. The molecule has 0 unspecified atom stereocenters. The summed E-state index contributed by atoms with van der Waals surface area (Å²) in [6, 6.07) is 15.3. The van der Waals surface area contributed by atoms with Gasteiger partial charge >= 0.3 is 0 Å². The average molecular weight is 422 g/mol. The number of hydrogen-bond acceptors (Lipinski definition) is 3. The molecule has 3 heterocycles. The van der Waals surface area contributed by atoms with Crippen molar-refractivity contribution in [3.8, 4) is 5.69 Å². The minimum atomic E-state index is -0.109. The first-order chi connectivity index (χ1) is 15.3. The zero-order valence-electron chi connectivity index (χ0n) is 18.5. The van der Waals surface area contributed by atoms with Gasteiger partial charge in [-0.2, -0.15) is 0 Å². The number of hydrogen-bond donors (Lipinski definition) is 0. The number of benzene rings is 2. The molecule has 0 amide bonds. The summed E-state index contributed by atoms with van der Waals surface area (Å²) in [7, 11) is 0. The lowest BCUT2D eigenvalue weighted by molar-refractivity contribution is 0.0954. The first-order valence-corrected chi connectivity index (χ1v) is 10.6. The first kappa shape index (κ1) is 19.9. The lowest BCUT2D eigenvalue weighted by Gasteiger charge is -2.13. The second-order valence-corrected chi connectivity index (χ2v) is 8.50. The molecule has 0 aliphatic rings. The molecular weight excluding hydrogens is 398 g/mol. The highest BCUT2D eigenvalue weighted by Gasteiger charge is 2.13. The molecule has 0 aliphatic carbocycles. The van der Waals surface area contributed by atoms with Gasteiger partial charge in [0.05, 0.1) is 11.0 Å². The van der Waals surface area contributed by atoms with Crippen LogP contribution in [0, 0.1) is 6.92 Å². The van der Waals surface area contributed by atoms with Crippen molar-refractivity contribution in [3.63, 3.8) is 0 Å². The van der Waals surface area contributed by atoms with Crippen molar-refractivity contribution in [1.29, 1.82) is 0 Å². The maximum Gasteiger partial charge on any atom is 0.257 e. The third kappa shape index (κ3) is 3.14. The summed E-state index contributed by atoms with van der Waals surface area (Å²) < 4.78 is 3.35. The molecule has 0 N–H and O–H groups in total. The second-order valence-electron chi connectivity index (χ2n) is 8.50. The third-order valence-corrected chi connectivity index (χ3v) is 6.06. The van der Waals surface area contributed by atoms with Crippen LogP contribution in [-0.4, -0.2) is 20.0 Å². The van der Waals surface area contributed by atoms with E-state index in [1.54, 1.807) is 21.4 Å². The fourth-order valence-electron chi connectivity index (χ4n) is 4.07. The highest BCUT2D eigenvalue weighted by atomic mass is 16.2. The smallest absolute Gasteiger partial charge is 0.257 e. The van der Waals surface area contributed by atoms with Crippen molar-refractivity contribution in [2.24, 2.45) is 0 Å². The Morgan fingerprint density at radius 1 is 0.875 bits per heavy atom. The van der Waals surface area contributed by atoms with Crippen LogP contribution in [0.3, 0.4) is 0 Å². The lowest BCUT2D eigenvalue weighted by atomic mass is 10.1. The Balaban J connectivity index is 1.77. The molecule has 5 nitrogen and oxygen atoms in total. The van der Waals surface area contributed by atoms with E-state index in [0.717, 1.165) is 55.0 Å².